The van der Waals surface area contributed by atoms with Crippen molar-refractivity contribution in [3.63, 3.8) is 0 Å². The Bertz CT molecular complexity index is 641. The summed E-state index contributed by atoms with van der Waals surface area (Å²) in [5, 5.41) is 9.05. The summed E-state index contributed by atoms with van der Waals surface area (Å²) in [5.74, 6) is -0.0173. The number of aromatic carboxylic acids is 1. The SMILES string of the molecule is COc1ccc(C(=O)O)cc1CN(C)C1CCS(=O)(=O)C1. The van der Waals surface area contributed by atoms with E-state index in [1.165, 1.54) is 13.2 Å². The Balaban J connectivity index is 2.18. The van der Waals surface area contributed by atoms with Gasteiger partial charge in [0.25, 0.3) is 0 Å². The monoisotopic (exact) mass is 313 g/mol. The molecule has 1 aromatic carbocycles. The number of rotatable bonds is 5. The molecule has 6 nitrogen and oxygen atoms in total. The second-order valence-corrected chi connectivity index (χ2v) is 7.53. The second-order valence-electron chi connectivity index (χ2n) is 5.30. The molecule has 1 fully saturated rings. The minimum absolute atomic E-state index is 0.0341. The molecule has 1 heterocycles. The lowest BCUT2D eigenvalue weighted by atomic mass is 10.1. The zero-order chi connectivity index (χ0) is 15.6. The van der Waals surface area contributed by atoms with E-state index in [1.54, 1.807) is 12.1 Å². The number of benzene rings is 1. The molecular weight excluding hydrogens is 294 g/mol. The molecule has 1 aliphatic rings. The highest BCUT2D eigenvalue weighted by atomic mass is 32.2. The van der Waals surface area contributed by atoms with E-state index in [4.69, 9.17) is 9.84 Å². The summed E-state index contributed by atoms with van der Waals surface area (Å²) in [4.78, 5) is 13.0. The number of hydrogen-bond donors (Lipinski definition) is 1. The summed E-state index contributed by atoms with van der Waals surface area (Å²) in [5.41, 5.74) is 0.933. The van der Waals surface area contributed by atoms with Gasteiger partial charge >= 0.3 is 5.97 Å². The maximum absolute atomic E-state index is 11.5. The third-order valence-electron chi connectivity index (χ3n) is 3.78. The van der Waals surface area contributed by atoms with Gasteiger partial charge in [0, 0.05) is 18.2 Å². The molecule has 0 spiro atoms. The Morgan fingerprint density at radius 2 is 2.19 bits per heavy atom. The normalized spacial score (nSPS) is 20.6. The van der Waals surface area contributed by atoms with Gasteiger partial charge in [0.15, 0.2) is 9.84 Å². The standard InChI is InChI=1S/C14H19NO5S/c1-15(12-5-6-21(18,19)9-12)8-11-7-10(14(16)17)3-4-13(11)20-2/h3-4,7,12H,5-6,8-9H2,1-2H3,(H,16,17). The molecule has 1 atom stereocenters. The van der Waals surface area contributed by atoms with E-state index >= 15 is 0 Å². The molecular formula is C14H19NO5S. The molecule has 0 saturated carbocycles. The fraction of sp³-hybridized carbons (Fsp3) is 0.500. The quantitative estimate of drug-likeness (QED) is 0.873. The molecule has 2 rings (SSSR count). The molecule has 0 aromatic heterocycles. The molecule has 1 unspecified atom stereocenters. The fourth-order valence-corrected chi connectivity index (χ4v) is 4.36. The maximum Gasteiger partial charge on any atom is 0.335 e. The molecule has 1 N–H and O–H groups in total. The Morgan fingerprint density at radius 3 is 2.71 bits per heavy atom. The van der Waals surface area contributed by atoms with Gasteiger partial charge in [-0.1, -0.05) is 0 Å². The van der Waals surface area contributed by atoms with E-state index in [-0.39, 0.29) is 23.1 Å². The van der Waals surface area contributed by atoms with Crippen LogP contribution in [0.4, 0.5) is 0 Å². The molecule has 1 saturated heterocycles. The highest BCUT2D eigenvalue weighted by molar-refractivity contribution is 7.91. The van der Waals surface area contributed by atoms with Gasteiger partial charge < -0.3 is 9.84 Å². The summed E-state index contributed by atoms with van der Waals surface area (Å²) >= 11 is 0. The van der Waals surface area contributed by atoms with Crippen LogP contribution in [0.25, 0.3) is 0 Å². The first-order chi connectivity index (χ1) is 9.82. The molecule has 0 amide bonds. The van der Waals surface area contributed by atoms with Gasteiger partial charge in [0.05, 0.1) is 24.2 Å². The van der Waals surface area contributed by atoms with Crippen LogP contribution in [0.15, 0.2) is 18.2 Å². The van der Waals surface area contributed by atoms with Crippen LogP contribution in [-0.4, -0.2) is 56.1 Å². The number of sulfone groups is 1. The fourth-order valence-electron chi connectivity index (χ4n) is 2.56. The zero-order valence-corrected chi connectivity index (χ0v) is 12.9. The molecule has 116 valence electrons. The Morgan fingerprint density at radius 1 is 1.48 bits per heavy atom. The van der Waals surface area contributed by atoms with Gasteiger partial charge in [-0.25, -0.2) is 13.2 Å². The minimum Gasteiger partial charge on any atom is -0.496 e. The van der Waals surface area contributed by atoms with Crippen molar-refractivity contribution in [3.05, 3.63) is 29.3 Å². The van der Waals surface area contributed by atoms with Gasteiger partial charge in [-0.15, -0.1) is 0 Å². The minimum atomic E-state index is -2.94. The van der Waals surface area contributed by atoms with Crippen LogP contribution in [-0.2, 0) is 16.4 Å². The van der Waals surface area contributed by atoms with E-state index in [2.05, 4.69) is 0 Å². The summed E-state index contributed by atoms with van der Waals surface area (Å²) < 4.78 is 28.3. The number of nitrogens with zero attached hydrogens (tertiary/aromatic N) is 1. The third kappa shape index (κ3) is 3.74. The lowest BCUT2D eigenvalue weighted by Gasteiger charge is -2.24. The van der Waals surface area contributed by atoms with E-state index in [0.29, 0.717) is 18.7 Å². The van der Waals surface area contributed by atoms with E-state index in [1.807, 2.05) is 11.9 Å². The average molecular weight is 313 g/mol. The zero-order valence-electron chi connectivity index (χ0n) is 12.1. The number of carbonyl (C=O) groups is 1. The van der Waals surface area contributed by atoms with Crippen molar-refractivity contribution in [1.82, 2.24) is 4.90 Å². The number of ether oxygens (including phenoxy) is 1. The van der Waals surface area contributed by atoms with Crippen molar-refractivity contribution in [1.29, 1.82) is 0 Å². The van der Waals surface area contributed by atoms with Crippen LogP contribution in [0.3, 0.4) is 0 Å². The largest absolute Gasteiger partial charge is 0.496 e. The average Bonchev–Trinajstić information content (AvgIpc) is 2.79. The first-order valence-corrected chi connectivity index (χ1v) is 8.45. The van der Waals surface area contributed by atoms with E-state index in [9.17, 15) is 13.2 Å². The molecule has 7 heteroatoms. The molecule has 1 aliphatic heterocycles. The van der Waals surface area contributed by atoms with Gasteiger partial charge in [0.1, 0.15) is 5.75 Å². The van der Waals surface area contributed by atoms with Crippen LogP contribution >= 0.6 is 0 Å². The van der Waals surface area contributed by atoms with Crippen molar-refractivity contribution in [2.75, 3.05) is 25.7 Å². The number of methoxy groups -OCH3 is 1. The maximum atomic E-state index is 11.5. The summed E-state index contributed by atoms with van der Waals surface area (Å²) in [7, 11) is 0.436. The molecule has 0 radical (unpaired) electrons. The second kappa shape index (κ2) is 6.03. The molecule has 0 aliphatic carbocycles. The van der Waals surface area contributed by atoms with Crippen molar-refractivity contribution >= 4 is 15.8 Å². The van der Waals surface area contributed by atoms with Crippen LogP contribution in [0.5, 0.6) is 5.75 Å². The van der Waals surface area contributed by atoms with Gasteiger partial charge in [-0.2, -0.15) is 0 Å². The van der Waals surface area contributed by atoms with Crippen molar-refractivity contribution in [3.8, 4) is 5.75 Å². The Labute approximate surface area is 124 Å². The lowest BCUT2D eigenvalue weighted by Crippen LogP contribution is -2.32. The highest BCUT2D eigenvalue weighted by Gasteiger charge is 2.30. The number of carboxylic acids is 1. The van der Waals surface area contributed by atoms with Crippen LogP contribution in [0, 0.1) is 0 Å². The first-order valence-electron chi connectivity index (χ1n) is 6.63. The van der Waals surface area contributed by atoms with Crippen molar-refractivity contribution in [2.24, 2.45) is 0 Å². The number of carboxylic acid groups (broad SMARTS) is 1. The Hall–Kier alpha value is -1.60. The summed E-state index contributed by atoms with van der Waals surface area (Å²) in [6.07, 6.45) is 0.611. The summed E-state index contributed by atoms with van der Waals surface area (Å²) in [6, 6.07) is 4.65. The van der Waals surface area contributed by atoms with Crippen molar-refractivity contribution < 1.29 is 23.1 Å². The molecule has 21 heavy (non-hydrogen) atoms. The lowest BCUT2D eigenvalue weighted by molar-refractivity contribution is 0.0696. The summed E-state index contributed by atoms with van der Waals surface area (Å²) in [6.45, 7) is 0.449. The predicted octanol–water partition coefficient (Wildman–Crippen LogP) is 1.01. The van der Waals surface area contributed by atoms with Gasteiger partial charge in [-0.3, -0.25) is 4.90 Å². The smallest absolute Gasteiger partial charge is 0.335 e. The third-order valence-corrected chi connectivity index (χ3v) is 5.53. The Kier molecular flexibility index (Phi) is 4.53. The number of hydrogen-bond acceptors (Lipinski definition) is 5. The van der Waals surface area contributed by atoms with Gasteiger partial charge in [-0.05, 0) is 31.7 Å². The molecule has 1 aromatic rings. The van der Waals surface area contributed by atoms with E-state index < -0.39 is 15.8 Å². The van der Waals surface area contributed by atoms with Crippen molar-refractivity contribution in [2.45, 2.75) is 19.0 Å². The molecule has 0 bridgehead atoms. The van der Waals surface area contributed by atoms with Gasteiger partial charge in [0.2, 0.25) is 0 Å². The van der Waals surface area contributed by atoms with Crippen LogP contribution in [0.2, 0.25) is 0 Å². The topological polar surface area (TPSA) is 83.9 Å². The predicted molar refractivity (Wildman–Crippen MR) is 78.5 cm³/mol. The first kappa shape index (κ1) is 15.8. The highest BCUT2D eigenvalue weighted by Crippen LogP contribution is 2.24. The van der Waals surface area contributed by atoms with Crippen LogP contribution in [0.1, 0.15) is 22.3 Å². The van der Waals surface area contributed by atoms with E-state index in [0.717, 1.165) is 5.56 Å². The van der Waals surface area contributed by atoms with Crippen LogP contribution < -0.4 is 4.74 Å².